The van der Waals surface area contributed by atoms with Gasteiger partial charge in [0.1, 0.15) is 6.10 Å². The SMILES string of the molecule is CC(=O)O[C@@H]1O[C@@H](CN=[N+]=[N-])[C@@H](OC(C)=O)[C@@H](OC(C)=O)[C@@H]1OC(C)=O. The molecule has 12 heteroatoms. The number of esters is 4. The van der Waals surface area contributed by atoms with Crippen molar-refractivity contribution in [3.8, 4) is 0 Å². The highest BCUT2D eigenvalue weighted by molar-refractivity contribution is 5.69. The Bertz CT molecular complexity index is 587. The minimum Gasteiger partial charge on any atom is -0.456 e. The van der Waals surface area contributed by atoms with Gasteiger partial charge in [0.05, 0.1) is 6.54 Å². The van der Waals surface area contributed by atoms with Gasteiger partial charge in [0, 0.05) is 32.6 Å². The summed E-state index contributed by atoms with van der Waals surface area (Å²) in [5.74, 6) is -3.05. The van der Waals surface area contributed by atoms with Crippen LogP contribution in [0.2, 0.25) is 0 Å². The van der Waals surface area contributed by atoms with E-state index >= 15 is 0 Å². The van der Waals surface area contributed by atoms with E-state index in [2.05, 4.69) is 10.0 Å². The van der Waals surface area contributed by atoms with E-state index in [0.29, 0.717) is 0 Å². The molecular weight excluding hydrogens is 354 g/mol. The molecule has 1 saturated heterocycles. The lowest BCUT2D eigenvalue weighted by atomic mass is 9.97. The lowest BCUT2D eigenvalue weighted by molar-refractivity contribution is -0.293. The molecule has 144 valence electrons. The number of carbonyl (C=O) groups is 4. The van der Waals surface area contributed by atoms with Gasteiger partial charge in [-0.05, 0) is 5.53 Å². The minimum absolute atomic E-state index is 0.323. The van der Waals surface area contributed by atoms with Crippen LogP contribution < -0.4 is 0 Å². The number of hydrogen-bond donors (Lipinski definition) is 0. The molecule has 12 nitrogen and oxygen atoms in total. The van der Waals surface area contributed by atoms with Crippen LogP contribution >= 0.6 is 0 Å². The molecule has 1 heterocycles. The fourth-order valence-corrected chi connectivity index (χ4v) is 2.38. The number of nitrogens with zero attached hydrogens (tertiary/aromatic N) is 3. The highest BCUT2D eigenvalue weighted by Gasteiger charge is 2.52. The number of rotatable bonds is 6. The van der Waals surface area contributed by atoms with Gasteiger partial charge in [-0.2, -0.15) is 0 Å². The Balaban J connectivity index is 3.32. The molecule has 1 aliphatic heterocycles. The molecule has 0 radical (unpaired) electrons. The van der Waals surface area contributed by atoms with Crippen molar-refractivity contribution in [2.45, 2.75) is 58.4 Å². The van der Waals surface area contributed by atoms with Gasteiger partial charge in [-0.3, -0.25) is 19.2 Å². The van der Waals surface area contributed by atoms with E-state index in [9.17, 15) is 19.2 Å². The molecule has 0 aromatic heterocycles. The van der Waals surface area contributed by atoms with Crippen LogP contribution in [0.4, 0.5) is 0 Å². The summed E-state index contributed by atoms with van der Waals surface area (Å²) in [6.45, 7) is 4.05. The zero-order valence-corrected chi connectivity index (χ0v) is 14.6. The molecule has 0 bridgehead atoms. The molecule has 0 unspecified atom stereocenters. The van der Waals surface area contributed by atoms with Gasteiger partial charge in [0.2, 0.25) is 12.4 Å². The van der Waals surface area contributed by atoms with E-state index in [-0.39, 0.29) is 6.54 Å². The second-order valence-corrected chi connectivity index (χ2v) is 5.29. The zero-order valence-electron chi connectivity index (χ0n) is 14.6. The van der Waals surface area contributed by atoms with Crippen LogP contribution in [0.1, 0.15) is 27.7 Å². The lowest BCUT2D eigenvalue weighted by Gasteiger charge is -2.43. The first-order valence-electron chi connectivity index (χ1n) is 7.51. The normalized spacial score (nSPS) is 27.5. The summed E-state index contributed by atoms with van der Waals surface area (Å²) in [4.78, 5) is 48.3. The molecule has 0 amide bonds. The van der Waals surface area contributed by atoms with Gasteiger partial charge < -0.3 is 23.7 Å². The molecule has 1 aliphatic rings. The third-order valence-electron chi connectivity index (χ3n) is 3.10. The van der Waals surface area contributed by atoms with Gasteiger partial charge >= 0.3 is 23.9 Å². The van der Waals surface area contributed by atoms with Gasteiger partial charge in [-0.25, -0.2) is 0 Å². The predicted octanol–water partition coefficient (Wildman–Crippen LogP) is 0.380. The second kappa shape index (κ2) is 9.59. The summed E-state index contributed by atoms with van der Waals surface area (Å²) in [6, 6.07) is 0. The van der Waals surface area contributed by atoms with Gasteiger partial charge in [0.25, 0.3) is 0 Å². The Morgan fingerprint density at radius 3 is 1.77 bits per heavy atom. The maximum Gasteiger partial charge on any atom is 0.305 e. The molecule has 1 rings (SSSR count). The van der Waals surface area contributed by atoms with E-state index in [1.54, 1.807) is 0 Å². The van der Waals surface area contributed by atoms with Gasteiger partial charge in [-0.15, -0.1) is 0 Å². The van der Waals surface area contributed by atoms with Crippen molar-refractivity contribution >= 4 is 23.9 Å². The molecule has 0 spiro atoms. The van der Waals surface area contributed by atoms with Crippen molar-refractivity contribution in [1.29, 1.82) is 0 Å². The Hall–Kier alpha value is -2.85. The standard InChI is InChI=1S/C14H19N3O9/c1-6(18)22-11-10(5-16-17-15)26-14(25-9(4)21)13(24-8(3)20)12(11)23-7(2)19/h10-14H,5H2,1-4H3/t10-,11+,12+,13-,14+/m0/s1. The van der Waals surface area contributed by atoms with Crippen molar-refractivity contribution in [3.63, 3.8) is 0 Å². The van der Waals surface area contributed by atoms with Crippen molar-refractivity contribution < 1.29 is 42.9 Å². The Morgan fingerprint density at radius 2 is 1.31 bits per heavy atom. The first kappa shape index (κ1) is 21.2. The zero-order chi connectivity index (χ0) is 19.9. The second-order valence-electron chi connectivity index (χ2n) is 5.29. The largest absolute Gasteiger partial charge is 0.456 e. The lowest BCUT2D eigenvalue weighted by Crippen LogP contribution is -2.62. The molecule has 0 aromatic rings. The van der Waals surface area contributed by atoms with E-state index in [1.807, 2.05) is 0 Å². The third kappa shape index (κ3) is 6.22. The maximum atomic E-state index is 11.5. The molecular formula is C14H19N3O9. The maximum absolute atomic E-state index is 11.5. The summed E-state index contributed by atoms with van der Waals surface area (Å²) in [6.07, 6.45) is -6.59. The summed E-state index contributed by atoms with van der Waals surface area (Å²) in [7, 11) is 0. The smallest absolute Gasteiger partial charge is 0.305 e. The molecule has 0 saturated carbocycles. The summed E-state index contributed by atoms with van der Waals surface area (Å²) in [5.41, 5.74) is 8.51. The minimum atomic E-state index is -1.47. The Morgan fingerprint density at radius 1 is 0.846 bits per heavy atom. The number of carbonyl (C=O) groups excluding carboxylic acids is 4. The molecule has 1 fully saturated rings. The van der Waals surface area contributed by atoms with Crippen molar-refractivity contribution in [3.05, 3.63) is 10.4 Å². The average Bonchev–Trinajstić information content (AvgIpc) is 2.49. The monoisotopic (exact) mass is 373 g/mol. The quantitative estimate of drug-likeness (QED) is 0.210. The summed E-state index contributed by atoms with van der Waals surface area (Å²) in [5, 5.41) is 3.34. The fraction of sp³-hybridized carbons (Fsp3) is 0.714. The van der Waals surface area contributed by atoms with E-state index in [1.165, 1.54) is 0 Å². The van der Waals surface area contributed by atoms with Crippen LogP contribution in [0.5, 0.6) is 0 Å². The van der Waals surface area contributed by atoms with Crippen LogP contribution in [0.15, 0.2) is 5.11 Å². The average molecular weight is 373 g/mol. The fourth-order valence-electron chi connectivity index (χ4n) is 2.38. The van der Waals surface area contributed by atoms with Crippen molar-refractivity contribution in [2.75, 3.05) is 6.54 Å². The highest BCUT2D eigenvalue weighted by atomic mass is 16.7. The van der Waals surface area contributed by atoms with E-state index in [0.717, 1.165) is 27.7 Å². The topological polar surface area (TPSA) is 163 Å². The Kier molecular flexibility index (Phi) is 7.81. The van der Waals surface area contributed by atoms with Gasteiger partial charge in [-0.1, -0.05) is 5.11 Å². The molecule has 0 N–H and O–H groups in total. The van der Waals surface area contributed by atoms with Crippen molar-refractivity contribution in [2.24, 2.45) is 5.11 Å². The molecule has 26 heavy (non-hydrogen) atoms. The third-order valence-corrected chi connectivity index (χ3v) is 3.10. The Labute approximate surface area is 148 Å². The summed E-state index contributed by atoms with van der Waals surface area (Å²) >= 11 is 0. The predicted molar refractivity (Wildman–Crippen MR) is 81.1 cm³/mol. The van der Waals surface area contributed by atoms with Crippen molar-refractivity contribution in [1.82, 2.24) is 0 Å². The molecule has 0 aromatic carbocycles. The van der Waals surface area contributed by atoms with Crippen LogP contribution in [0.3, 0.4) is 0 Å². The number of azide groups is 1. The number of hydrogen-bond acceptors (Lipinski definition) is 10. The van der Waals surface area contributed by atoms with E-state index in [4.69, 9.17) is 29.2 Å². The van der Waals surface area contributed by atoms with Crippen LogP contribution in [-0.4, -0.2) is 61.1 Å². The molecule has 5 atom stereocenters. The first-order chi connectivity index (χ1) is 12.1. The molecule has 0 aliphatic carbocycles. The summed E-state index contributed by atoms with van der Waals surface area (Å²) < 4.78 is 25.8. The first-order valence-corrected chi connectivity index (χ1v) is 7.51. The van der Waals surface area contributed by atoms with Gasteiger partial charge in [0.15, 0.2) is 12.2 Å². The number of ether oxygens (including phenoxy) is 5. The van der Waals surface area contributed by atoms with Crippen LogP contribution in [0, 0.1) is 0 Å². The van der Waals surface area contributed by atoms with Crippen LogP contribution in [0.25, 0.3) is 10.4 Å². The van der Waals surface area contributed by atoms with E-state index < -0.39 is 54.6 Å². The van der Waals surface area contributed by atoms with Crippen LogP contribution in [-0.2, 0) is 42.9 Å². The highest BCUT2D eigenvalue weighted by Crippen LogP contribution is 2.29.